The summed E-state index contributed by atoms with van der Waals surface area (Å²) in [6, 6.07) is 5.79. The van der Waals surface area contributed by atoms with Crippen molar-refractivity contribution in [2.75, 3.05) is 6.79 Å². The Kier molecular flexibility index (Phi) is 4.21. The molecule has 0 aromatic heterocycles. The first kappa shape index (κ1) is 14.7. The summed E-state index contributed by atoms with van der Waals surface area (Å²) < 4.78 is 10.7. The zero-order valence-electron chi connectivity index (χ0n) is 12.7. The summed E-state index contributed by atoms with van der Waals surface area (Å²) in [5, 5.41) is 3.08. The number of ether oxygens (including phenoxy) is 2. The molecule has 0 bridgehead atoms. The Balaban J connectivity index is 2.04. The second-order valence-corrected chi connectivity index (χ2v) is 6.17. The number of rotatable bonds is 5. The highest BCUT2D eigenvalue weighted by atomic mass is 16.7. The Morgan fingerprint density at radius 2 is 2.00 bits per heavy atom. The molecule has 0 saturated heterocycles. The van der Waals surface area contributed by atoms with Crippen LogP contribution in [0, 0.1) is 5.92 Å². The van der Waals surface area contributed by atoms with Crippen molar-refractivity contribution < 1.29 is 14.3 Å². The van der Waals surface area contributed by atoms with Crippen LogP contribution >= 0.6 is 0 Å². The average Bonchev–Trinajstić information content (AvgIpc) is 2.83. The summed E-state index contributed by atoms with van der Waals surface area (Å²) in [6.45, 7) is 8.50. The lowest BCUT2D eigenvalue weighted by Gasteiger charge is -2.27. The first-order chi connectivity index (χ1) is 9.38. The summed E-state index contributed by atoms with van der Waals surface area (Å²) >= 11 is 0. The van der Waals surface area contributed by atoms with E-state index in [9.17, 15) is 4.79 Å². The van der Waals surface area contributed by atoms with Crippen molar-refractivity contribution in [3.63, 3.8) is 0 Å². The Bertz CT molecular complexity index is 494. The van der Waals surface area contributed by atoms with Gasteiger partial charge in [0.1, 0.15) is 0 Å². The maximum atomic E-state index is 12.0. The Morgan fingerprint density at radius 1 is 1.30 bits per heavy atom. The third-order valence-corrected chi connectivity index (χ3v) is 3.49. The van der Waals surface area contributed by atoms with Crippen LogP contribution in [0.5, 0.6) is 11.5 Å². The third kappa shape index (κ3) is 3.44. The molecule has 0 fully saturated rings. The molecule has 1 amide bonds. The van der Waals surface area contributed by atoms with Gasteiger partial charge in [-0.05, 0) is 43.9 Å². The van der Waals surface area contributed by atoms with Crippen molar-refractivity contribution in [3.8, 4) is 11.5 Å². The van der Waals surface area contributed by atoms with Crippen LogP contribution in [0.1, 0.15) is 46.1 Å². The lowest BCUT2D eigenvalue weighted by Crippen LogP contribution is -2.40. The molecule has 0 unspecified atom stereocenters. The van der Waals surface area contributed by atoms with Gasteiger partial charge < -0.3 is 14.8 Å². The van der Waals surface area contributed by atoms with Crippen LogP contribution in [0.15, 0.2) is 18.2 Å². The molecular weight excluding hydrogens is 254 g/mol. The van der Waals surface area contributed by atoms with Crippen molar-refractivity contribution in [1.82, 2.24) is 5.32 Å². The molecule has 0 radical (unpaired) electrons. The minimum Gasteiger partial charge on any atom is -0.454 e. The molecule has 1 heterocycles. The monoisotopic (exact) mass is 277 g/mol. The molecule has 0 atom stereocenters. The molecule has 1 N–H and O–H groups in total. The maximum absolute atomic E-state index is 12.0. The molecule has 1 aliphatic heterocycles. The average molecular weight is 277 g/mol. The predicted molar refractivity (Wildman–Crippen MR) is 77.8 cm³/mol. The molecule has 110 valence electrons. The van der Waals surface area contributed by atoms with Gasteiger partial charge in [-0.2, -0.15) is 0 Å². The van der Waals surface area contributed by atoms with E-state index in [-0.39, 0.29) is 12.7 Å². The van der Waals surface area contributed by atoms with E-state index in [2.05, 4.69) is 19.2 Å². The van der Waals surface area contributed by atoms with Gasteiger partial charge in [-0.3, -0.25) is 4.79 Å². The Labute approximate surface area is 120 Å². The van der Waals surface area contributed by atoms with Gasteiger partial charge >= 0.3 is 0 Å². The first-order valence-corrected chi connectivity index (χ1v) is 7.09. The van der Waals surface area contributed by atoms with E-state index in [0.29, 0.717) is 12.3 Å². The molecule has 1 aliphatic rings. The third-order valence-electron chi connectivity index (χ3n) is 3.49. The summed E-state index contributed by atoms with van der Waals surface area (Å²) in [7, 11) is 0. The first-order valence-electron chi connectivity index (χ1n) is 7.09. The van der Waals surface area contributed by atoms with E-state index in [0.717, 1.165) is 23.5 Å². The van der Waals surface area contributed by atoms with Crippen LogP contribution in [0.4, 0.5) is 0 Å². The number of hydrogen-bond donors (Lipinski definition) is 1. The highest BCUT2D eigenvalue weighted by Gasteiger charge is 2.25. The van der Waals surface area contributed by atoms with E-state index in [1.165, 1.54) is 0 Å². The van der Waals surface area contributed by atoms with Gasteiger partial charge in [0.05, 0.1) is 5.54 Å². The molecule has 0 spiro atoms. The molecular formula is C16H23NO3. The second-order valence-electron chi connectivity index (χ2n) is 6.17. The fourth-order valence-electron chi connectivity index (χ4n) is 2.19. The maximum Gasteiger partial charge on any atom is 0.231 e. The van der Waals surface area contributed by atoms with Crippen molar-refractivity contribution in [3.05, 3.63) is 23.8 Å². The van der Waals surface area contributed by atoms with Gasteiger partial charge in [-0.15, -0.1) is 0 Å². The van der Waals surface area contributed by atoms with Crippen LogP contribution in [-0.4, -0.2) is 12.7 Å². The lowest BCUT2D eigenvalue weighted by atomic mass is 9.93. The Morgan fingerprint density at radius 3 is 2.70 bits per heavy atom. The van der Waals surface area contributed by atoms with E-state index < -0.39 is 5.54 Å². The van der Waals surface area contributed by atoms with Crippen molar-refractivity contribution in [1.29, 1.82) is 0 Å². The molecule has 1 aromatic rings. The number of benzene rings is 1. The van der Waals surface area contributed by atoms with Gasteiger partial charge in [0.25, 0.3) is 0 Å². The van der Waals surface area contributed by atoms with Crippen LogP contribution in [0.3, 0.4) is 0 Å². The molecule has 0 aliphatic carbocycles. The molecule has 20 heavy (non-hydrogen) atoms. The van der Waals surface area contributed by atoms with Gasteiger partial charge in [-0.1, -0.05) is 19.9 Å². The van der Waals surface area contributed by atoms with Crippen molar-refractivity contribution >= 4 is 5.91 Å². The smallest absolute Gasteiger partial charge is 0.231 e. The number of nitrogens with one attached hydrogen (secondary N) is 1. The van der Waals surface area contributed by atoms with Crippen molar-refractivity contribution in [2.24, 2.45) is 5.92 Å². The van der Waals surface area contributed by atoms with Crippen molar-refractivity contribution in [2.45, 2.75) is 46.1 Å². The number of hydrogen-bond acceptors (Lipinski definition) is 3. The molecule has 1 aromatic carbocycles. The van der Waals surface area contributed by atoms with Crippen LogP contribution in [0.25, 0.3) is 0 Å². The van der Waals surface area contributed by atoms with Gasteiger partial charge in [0.15, 0.2) is 11.5 Å². The molecule has 4 nitrogen and oxygen atoms in total. The van der Waals surface area contributed by atoms with Gasteiger partial charge in [0, 0.05) is 6.42 Å². The number of fused-ring (bicyclic) bond motifs is 1. The lowest BCUT2D eigenvalue weighted by molar-refractivity contribution is -0.123. The normalized spacial score (nSPS) is 13.7. The fraction of sp³-hybridized carbons (Fsp3) is 0.562. The van der Waals surface area contributed by atoms with E-state index >= 15 is 0 Å². The van der Waals surface area contributed by atoms with Crippen LogP contribution < -0.4 is 14.8 Å². The summed E-state index contributed by atoms with van der Waals surface area (Å²) in [5.41, 5.74) is 0.592. The second kappa shape index (κ2) is 5.73. The predicted octanol–water partition coefficient (Wildman–Crippen LogP) is 3.20. The van der Waals surface area contributed by atoms with E-state index in [1.807, 2.05) is 32.0 Å². The van der Waals surface area contributed by atoms with Crippen LogP contribution in [0.2, 0.25) is 0 Å². The summed E-state index contributed by atoms with van der Waals surface area (Å²) in [5.74, 6) is 2.12. The summed E-state index contributed by atoms with van der Waals surface area (Å²) in [4.78, 5) is 12.0. The standard InChI is InChI=1S/C16H23NO3/c1-11(2)5-8-15(18)17-16(3,4)12-6-7-13-14(9-12)20-10-19-13/h6-7,9,11H,5,8,10H2,1-4H3,(H,17,18). The minimum atomic E-state index is -0.422. The molecule has 0 saturated carbocycles. The molecule has 4 heteroatoms. The number of carbonyl (C=O) groups excluding carboxylic acids is 1. The minimum absolute atomic E-state index is 0.0846. The zero-order chi connectivity index (χ0) is 14.8. The quantitative estimate of drug-likeness (QED) is 0.899. The zero-order valence-corrected chi connectivity index (χ0v) is 12.7. The van der Waals surface area contributed by atoms with Gasteiger partial charge in [-0.25, -0.2) is 0 Å². The number of amides is 1. The largest absolute Gasteiger partial charge is 0.454 e. The van der Waals surface area contributed by atoms with E-state index in [4.69, 9.17) is 9.47 Å². The van der Waals surface area contributed by atoms with Gasteiger partial charge in [0.2, 0.25) is 12.7 Å². The topological polar surface area (TPSA) is 47.6 Å². The summed E-state index contributed by atoms with van der Waals surface area (Å²) in [6.07, 6.45) is 1.47. The molecule has 2 rings (SSSR count). The highest BCUT2D eigenvalue weighted by molar-refractivity contribution is 5.77. The highest BCUT2D eigenvalue weighted by Crippen LogP contribution is 2.35. The fourth-order valence-corrected chi connectivity index (χ4v) is 2.19. The SMILES string of the molecule is CC(C)CCC(=O)NC(C)(C)c1ccc2c(c1)OCO2. The van der Waals surface area contributed by atoms with Crippen LogP contribution in [-0.2, 0) is 10.3 Å². The Hall–Kier alpha value is -1.71. The number of carbonyl (C=O) groups is 1. The van der Waals surface area contributed by atoms with E-state index in [1.54, 1.807) is 0 Å².